The highest BCUT2D eigenvalue weighted by molar-refractivity contribution is 6.08. The Bertz CT molecular complexity index is 1000. The molecule has 2 aromatic carbocycles. The lowest BCUT2D eigenvalue weighted by Gasteiger charge is -2.36. The van der Waals surface area contributed by atoms with Gasteiger partial charge in [0.15, 0.2) is 5.76 Å². The molecule has 0 unspecified atom stereocenters. The zero-order chi connectivity index (χ0) is 20.2. The van der Waals surface area contributed by atoms with Crippen LogP contribution in [0.5, 0.6) is 0 Å². The van der Waals surface area contributed by atoms with Crippen molar-refractivity contribution in [3.8, 4) is 11.1 Å². The first-order chi connectivity index (χ1) is 14.1. The van der Waals surface area contributed by atoms with E-state index in [-0.39, 0.29) is 17.6 Å². The highest BCUT2D eigenvalue weighted by Crippen LogP contribution is 2.29. The molecular formula is C23H23N3O3. The third-order valence-corrected chi connectivity index (χ3v) is 5.17. The minimum absolute atomic E-state index is 0.0949. The van der Waals surface area contributed by atoms with Crippen molar-refractivity contribution in [1.82, 2.24) is 4.90 Å². The SMILES string of the molecule is CC(=O)N1CCN(c2ccccc2NC(=O)c2occc2-c2ccccc2)CC1. The molecule has 1 aliphatic rings. The fraction of sp³-hybridized carbons (Fsp3) is 0.217. The zero-order valence-corrected chi connectivity index (χ0v) is 16.3. The number of piperazine rings is 1. The van der Waals surface area contributed by atoms with E-state index in [1.165, 1.54) is 6.26 Å². The Morgan fingerprint density at radius 1 is 0.897 bits per heavy atom. The number of anilines is 2. The van der Waals surface area contributed by atoms with Crippen molar-refractivity contribution in [2.75, 3.05) is 36.4 Å². The number of hydrogen-bond acceptors (Lipinski definition) is 4. The summed E-state index contributed by atoms with van der Waals surface area (Å²) in [7, 11) is 0. The topological polar surface area (TPSA) is 65.8 Å². The molecule has 1 aromatic heterocycles. The van der Waals surface area contributed by atoms with E-state index in [4.69, 9.17) is 4.42 Å². The Hall–Kier alpha value is -3.54. The van der Waals surface area contributed by atoms with E-state index in [0.29, 0.717) is 13.1 Å². The molecule has 6 heteroatoms. The lowest BCUT2D eigenvalue weighted by atomic mass is 10.1. The van der Waals surface area contributed by atoms with Crippen molar-refractivity contribution in [3.63, 3.8) is 0 Å². The standard InChI is InChI=1S/C23H23N3O3/c1-17(27)25-12-14-26(15-13-25)21-10-6-5-9-20(21)24-23(28)22-19(11-16-29-22)18-7-3-2-4-8-18/h2-11,16H,12-15H2,1H3,(H,24,28). The second kappa shape index (κ2) is 8.22. The normalized spacial score (nSPS) is 14.0. The molecule has 1 aliphatic heterocycles. The molecule has 1 N–H and O–H groups in total. The average Bonchev–Trinajstić information content (AvgIpc) is 3.25. The molecule has 4 rings (SSSR count). The minimum Gasteiger partial charge on any atom is -0.459 e. The lowest BCUT2D eigenvalue weighted by molar-refractivity contribution is -0.129. The Balaban J connectivity index is 1.54. The first kappa shape index (κ1) is 18.8. The average molecular weight is 389 g/mol. The Labute approximate surface area is 169 Å². The van der Waals surface area contributed by atoms with Crippen LogP contribution in [-0.2, 0) is 4.79 Å². The van der Waals surface area contributed by atoms with Gasteiger partial charge in [0.2, 0.25) is 5.91 Å². The fourth-order valence-corrected chi connectivity index (χ4v) is 3.63. The number of hydrogen-bond donors (Lipinski definition) is 1. The van der Waals surface area contributed by atoms with Crippen molar-refractivity contribution in [1.29, 1.82) is 0 Å². The second-order valence-corrected chi connectivity index (χ2v) is 6.99. The molecule has 0 saturated carbocycles. The molecule has 0 radical (unpaired) electrons. The predicted molar refractivity (Wildman–Crippen MR) is 113 cm³/mol. The molecule has 29 heavy (non-hydrogen) atoms. The van der Waals surface area contributed by atoms with Gasteiger partial charge >= 0.3 is 0 Å². The van der Waals surface area contributed by atoms with E-state index >= 15 is 0 Å². The smallest absolute Gasteiger partial charge is 0.292 e. The zero-order valence-electron chi connectivity index (χ0n) is 16.3. The van der Waals surface area contributed by atoms with Crippen molar-refractivity contribution in [2.24, 2.45) is 0 Å². The molecular weight excluding hydrogens is 366 g/mol. The molecule has 2 amide bonds. The van der Waals surface area contributed by atoms with Crippen molar-refractivity contribution in [3.05, 3.63) is 72.7 Å². The number of carbonyl (C=O) groups is 2. The first-order valence-corrected chi connectivity index (χ1v) is 9.67. The number of nitrogens with one attached hydrogen (secondary N) is 1. The predicted octanol–water partition coefficient (Wildman–Crippen LogP) is 3.87. The quantitative estimate of drug-likeness (QED) is 0.736. The van der Waals surface area contributed by atoms with Crippen LogP contribution in [0.1, 0.15) is 17.5 Å². The van der Waals surface area contributed by atoms with Gasteiger partial charge in [-0.25, -0.2) is 0 Å². The fourth-order valence-electron chi connectivity index (χ4n) is 3.63. The van der Waals surface area contributed by atoms with E-state index in [9.17, 15) is 9.59 Å². The summed E-state index contributed by atoms with van der Waals surface area (Å²) in [5.74, 6) is 0.0913. The number of furan rings is 1. The number of amides is 2. The summed E-state index contributed by atoms with van der Waals surface area (Å²) in [6.07, 6.45) is 1.53. The van der Waals surface area contributed by atoms with Crippen LogP contribution < -0.4 is 10.2 Å². The van der Waals surface area contributed by atoms with Gasteiger partial charge < -0.3 is 19.5 Å². The first-order valence-electron chi connectivity index (χ1n) is 9.67. The number of benzene rings is 2. The third kappa shape index (κ3) is 4.01. The minimum atomic E-state index is -0.288. The molecule has 148 valence electrons. The van der Waals surface area contributed by atoms with Gasteiger partial charge in [0, 0.05) is 38.7 Å². The largest absolute Gasteiger partial charge is 0.459 e. The maximum atomic E-state index is 13.0. The summed E-state index contributed by atoms with van der Waals surface area (Å²) in [6.45, 7) is 4.39. The molecule has 2 heterocycles. The molecule has 0 atom stereocenters. The monoisotopic (exact) mass is 389 g/mol. The maximum Gasteiger partial charge on any atom is 0.292 e. The molecule has 1 fully saturated rings. The summed E-state index contributed by atoms with van der Waals surface area (Å²) in [5.41, 5.74) is 3.36. The Morgan fingerprint density at radius 3 is 2.31 bits per heavy atom. The van der Waals surface area contributed by atoms with Gasteiger partial charge in [0.05, 0.1) is 17.6 Å². The summed E-state index contributed by atoms with van der Waals surface area (Å²) in [6, 6.07) is 19.2. The van der Waals surface area contributed by atoms with Gasteiger partial charge in [0.25, 0.3) is 5.91 Å². The van der Waals surface area contributed by atoms with Crippen LogP contribution in [0.3, 0.4) is 0 Å². The van der Waals surface area contributed by atoms with Crippen molar-refractivity contribution < 1.29 is 14.0 Å². The Morgan fingerprint density at radius 2 is 1.59 bits per heavy atom. The molecule has 3 aromatic rings. The molecule has 0 spiro atoms. The summed E-state index contributed by atoms with van der Waals surface area (Å²) in [5, 5.41) is 3.00. The van der Waals surface area contributed by atoms with E-state index < -0.39 is 0 Å². The highest BCUT2D eigenvalue weighted by atomic mass is 16.3. The summed E-state index contributed by atoms with van der Waals surface area (Å²) in [4.78, 5) is 28.6. The van der Waals surface area contributed by atoms with E-state index in [0.717, 1.165) is 35.6 Å². The number of para-hydroxylation sites is 2. The molecule has 6 nitrogen and oxygen atoms in total. The van der Waals surface area contributed by atoms with Crippen LogP contribution in [0.25, 0.3) is 11.1 Å². The number of carbonyl (C=O) groups excluding carboxylic acids is 2. The molecule has 0 bridgehead atoms. The lowest BCUT2D eigenvalue weighted by Crippen LogP contribution is -2.48. The molecule has 0 aliphatic carbocycles. The maximum absolute atomic E-state index is 13.0. The van der Waals surface area contributed by atoms with Crippen molar-refractivity contribution >= 4 is 23.2 Å². The van der Waals surface area contributed by atoms with E-state index in [2.05, 4.69) is 10.2 Å². The summed E-state index contributed by atoms with van der Waals surface area (Å²) < 4.78 is 5.51. The van der Waals surface area contributed by atoms with Gasteiger partial charge in [0.1, 0.15) is 0 Å². The summed E-state index contributed by atoms with van der Waals surface area (Å²) >= 11 is 0. The van der Waals surface area contributed by atoms with Crippen molar-refractivity contribution in [2.45, 2.75) is 6.92 Å². The van der Waals surface area contributed by atoms with E-state index in [1.54, 1.807) is 13.0 Å². The number of rotatable bonds is 4. The number of nitrogens with zero attached hydrogens (tertiary/aromatic N) is 2. The van der Waals surface area contributed by atoms with Gasteiger partial charge in [-0.05, 0) is 23.8 Å². The van der Waals surface area contributed by atoms with Crippen LogP contribution in [0.15, 0.2) is 71.3 Å². The second-order valence-electron chi connectivity index (χ2n) is 6.99. The highest BCUT2D eigenvalue weighted by Gasteiger charge is 2.22. The van der Waals surface area contributed by atoms with Crippen LogP contribution in [0, 0.1) is 0 Å². The van der Waals surface area contributed by atoms with Crippen LogP contribution >= 0.6 is 0 Å². The Kier molecular flexibility index (Phi) is 5.33. The third-order valence-electron chi connectivity index (χ3n) is 5.17. The van der Waals surface area contributed by atoms with Crippen LogP contribution in [0.2, 0.25) is 0 Å². The van der Waals surface area contributed by atoms with E-state index in [1.807, 2.05) is 59.5 Å². The van der Waals surface area contributed by atoms with Crippen LogP contribution in [-0.4, -0.2) is 42.9 Å². The van der Waals surface area contributed by atoms with Gasteiger partial charge in [-0.1, -0.05) is 42.5 Å². The van der Waals surface area contributed by atoms with Gasteiger partial charge in [-0.3, -0.25) is 9.59 Å². The van der Waals surface area contributed by atoms with Gasteiger partial charge in [-0.15, -0.1) is 0 Å². The van der Waals surface area contributed by atoms with Crippen LogP contribution in [0.4, 0.5) is 11.4 Å². The van der Waals surface area contributed by atoms with Gasteiger partial charge in [-0.2, -0.15) is 0 Å². The molecule has 1 saturated heterocycles.